The molecule has 1 amide bonds. The number of amides is 1. The van der Waals surface area contributed by atoms with Gasteiger partial charge in [0.15, 0.2) is 0 Å². The Hall–Kier alpha value is -2.41. The number of halogens is 1. The third-order valence-corrected chi connectivity index (χ3v) is 6.10. The van der Waals surface area contributed by atoms with Gasteiger partial charge in [-0.1, -0.05) is 51.1 Å². The van der Waals surface area contributed by atoms with E-state index >= 15 is 0 Å². The molecule has 0 saturated carbocycles. The predicted molar refractivity (Wildman–Crippen MR) is 115 cm³/mol. The van der Waals surface area contributed by atoms with E-state index in [-0.39, 0.29) is 12.1 Å². The van der Waals surface area contributed by atoms with Crippen LogP contribution in [0, 0.1) is 5.82 Å². The molecule has 1 unspecified atom stereocenters. The molecule has 1 atom stereocenters. The smallest absolute Gasteiger partial charge is 0.244 e. The summed E-state index contributed by atoms with van der Waals surface area (Å²) in [7, 11) is -3.87. The fourth-order valence-electron chi connectivity index (χ4n) is 3.37. The van der Waals surface area contributed by atoms with E-state index in [4.69, 9.17) is 0 Å². The summed E-state index contributed by atoms with van der Waals surface area (Å²) in [5.74, 6) is -1.14. The molecule has 0 spiro atoms. The Kier molecular flexibility index (Phi) is 7.79. The van der Waals surface area contributed by atoms with Crippen LogP contribution in [0.4, 0.5) is 10.1 Å². The van der Waals surface area contributed by atoms with Crippen LogP contribution in [0.3, 0.4) is 0 Å². The van der Waals surface area contributed by atoms with Gasteiger partial charge in [0.1, 0.15) is 11.9 Å². The minimum Gasteiger partial charge on any atom is -0.350 e. The number of hydrogen-bond donors (Lipinski definition) is 1. The van der Waals surface area contributed by atoms with Gasteiger partial charge in [0, 0.05) is 6.54 Å². The molecule has 0 aliphatic heterocycles. The highest BCUT2D eigenvalue weighted by molar-refractivity contribution is 7.92. The lowest BCUT2D eigenvalue weighted by molar-refractivity contribution is -0.122. The van der Waals surface area contributed by atoms with Crippen LogP contribution < -0.4 is 9.62 Å². The molecule has 5 nitrogen and oxygen atoms in total. The van der Waals surface area contributed by atoms with Crippen molar-refractivity contribution in [1.29, 1.82) is 0 Å². The number of rotatable bonds is 9. The van der Waals surface area contributed by atoms with E-state index < -0.39 is 27.8 Å². The molecular formula is C22H29FN2O3S. The van der Waals surface area contributed by atoms with E-state index in [0.29, 0.717) is 6.54 Å². The normalized spacial score (nSPS) is 12.4. The molecule has 2 rings (SSSR count). The highest BCUT2D eigenvalue weighted by Crippen LogP contribution is 2.25. The average molecular weight is 421 g/mol. The molecule has 2 aromatic rings. The Morgan fingerprint density at radius 3 is 2.31 bits per heavy atom. The zero-order valence-electron chi connectivity index (χ0n) is 17.4. The minimum atomic E-state index is -3.87. The Labute approximate surface area is 173 Å². The van der Waals surface area contributed by atoms with Crippen LogP contribution in [0.15, 0.2) is 42.5 Å². The van der Waals surface area contributed by atoms with Crippen molar-refractivity contribution in [3.63, 3.8) is 0 Å². The maximum Gasteiger partial charge on any atom is 0.244 e. The van der Waals surface area contributed by atoms with E-state index in [2.05, 4.69) is 30.4 Å². The van der Waals surface area contributed by atoms with Crippen molar-refractivity contribution < 1.29 is 17.6 Å². The Bertz CT molecular complexity index is 960. The van der Waals surface area contributed by atoms with Crippen molar-refractivity contribution in [2.75, 3.05) is 10.6 Å². The SMILES string of the molecule is CCc1ccc(CC)c(CNC(=O)C(CC)N(c2ccccc2F)S(C)(=O)=O)c1. The van der Waals surface area contributed by atoms with Crippen molar-refractivity contribution in [2.45, 2.75) is 52.6 Å². The van der Waals surface area contributed by atoms with Gasteiger partial charge in [0.05, 0.1) is 11.9 Å². The third-order valence-electron chi connectivity index (χ3n) is 4.93. The summed E-state index contributed by atoms with van der Waals surface area (Å²) in [5, 5.41) is 2.85. The van der Waals surface area contributed by atoms with Crippen LogP contribution in [-0.4, -0.2) is 26.6 Å². The van der Waals surface area contributed by atoms with E-state index in [1.54, 1.807) is 13.0 Å². The molecule has 1 N–H and O–H groups in total. The summed E-state index contributed by atoms with van der Waals surface area (Å²) in [6.07, 6.45) is 2.91. The van der Waals surface area contributed by atoms with Gasteiger partial charge in [-0.25, -0.2) is 12.8 Å². The van der Waals surface area contributed by atoms with Crippen molar-refractivity contribution in [3.05, 3.63) is 65.0 Å². The second kappa shape index (κ2) is 9.87. The summed E-state index contributed by atoms with van der Waals surface area (Å²) >= 11 is 0. The van der Waals surface area contributed by atoms with E-state index in [1.807, 2.05) is 6.92 Å². The number of sulfonamides is 1. The maximum atomic E-state index is 14.3. The van der Waals surface area contributed by atoms with Crippen molar-refractivity contribution in [2.24, 2.45) is 0 Å². The van der Waals surface area contributed by atoms with Crippen LogP contribution in [0.5, 0.6) is 0 Å². The maximum absolute atomic E-state index is 14.3. The summed E-state index contributed by atoms with van der Waals surface area (Å²) in [5.41, 5.74) is 3.18. The summed E-state index contributed by atoms with van der Waals surface area (Å²) in [6, 6.07) is 10.7. The molecule has 0 bridgehead atoms. The third kappa shape index (κ3) is 5.56. The monoisotopic (exact) mass is 420 g/mol. The van der Waals surface area contributed by atoms with E-state index in [9.17, 15) is 17.6 Å². The number of hydrogen-bond acceptors (Lipinski definition) is 3. The Balaban J connectivity index is 2.30. The average Bonchev–Trinajstić information content (AvgIpc) is 2.69. The molecule has 0 heterocycles. The number of nitrogens with zero attached hydrogens (tertiary/aromatic N) is 1. The number of anilines is 1. The highest BCUT2D eigenvalue weighted by Gasteiger charge is 2.33. The van der Waals surface area contributed by atoms with Gasteiger partial charge in [-0.15, -0.1) is 0 Å². The second-order valence-electron chi connectivity index (χ2n) is 6.96. The first-order valence-corrected chi connectivity index (χ1v) is 11.7. The topological polar surface area (TPSA) is 66.5 Å². The van der Waals surface area contributed by atoms with Gasteiger partial charge >= 0.3 is 0 Å². The molecule has 0 radical (unpaired) electrons. The highest BCUT2D eigenvalue weighted by atomic mass is 32.2. The van der Waals surface area contributed by atoms with Crippen molar-refractivity contribution in [3.8, 4) is 0 Å². The van der Waals surface area contributed by atoms with Crippen LogP contribution >= 0.6 is 0 Å². The first-order valence-electron chi connectivity index (χ1n) is 9.85. The van der Waals surface area contributed by atoms with Gasteiger partial charge in [-0.3, -0.25) is 9.10 Å². The standard InChI is InChI=1S/C22H29FN2O3S/c1-5-16-12-13-17(6-2)18(14-16)15-24-22(26)20(7-3)25(29(4,27)28)21-11-9-8-10-19(21)23/h8-14,20H,5-7,15H2,1-4H3,(H,24,26). The van der Waals surface area contributed by atoms with Crippen molar-refractivity contribution in [1.82, 2.24) is 5.32 Å². The fourth-order valence-corrected chi connectivity index (χ4v) is 4.59. The molecule has 0 aliphatic carbocycles. The largest absolute Gasteiger partial charge is 0.350 e. The first kappa shape index (κ1) is 22.9. The van der Waals surface area contributed by atoms with Gasteiger partial charge in [-0.2, -0.15) is 0 Å². The number of aryl methyl sites for hydroxylation is 2. The van der Waals surface area contributed by atoms with Crippen LogP contribution in [0.2, 0.25) is 0 Å². The second-order valence-corrected chi connectivity index (χ2v) is 8.82. The molecule has 7 heteroatoms. The molecule has 0 fully saturated rings. The lowest BCUT2D eigenvalue weighted by Crippen LogP contribution is -2.49. The molecule has 0 saturated heterocycles. The summed E-state index contributed by atoms with van der Waals surface area (Å²) in [6.45, 7) is 6.11. The van der Waals surface area contributed by atoms with Crippen molar-refractivity contribution >= 4 is 21.6 Å². The number of carbonyl (C=O) groups excluding carboxylic acids is 1. The van der Waals surface area contributed by atoms with Crippen LogP contribution in [-0.2, 0) is 34.2 Å². The lowest BCUT2D eigenvalue weighted by Gasteiger charge is -2.30. The Morgan fingerprint density at radius 1 is 1.07 bits per heavy atom. The quantitative estimate of drug-likeness (QED) is 0.671. The molecule has 0 aliphatic rings. The molecule has 158 valence electrons. The van der Waals surface area contributed by atoms with E-state index in [1.165, 1.54) is 23.8 Å². The summed E-state index contributed by atoms with van der Waals surface area (Å²) in [4.78, 5) is 12.9. The van der Waals surface area contributed by atoms with Gasteiger partial charge < -0.3 is 5.32 Å². The van der Waals surface area contributed by atoms with Gasteiger partial charge in [0.2, 0.25) is 15.9 Å². The van der Waals surface area contributed by atoms with E-state index in [0.717, 1.165) is 34.5 Å². The molecule has 29 heavy (non-hydrogen) atoms. The number of benzene rings is 2. The zero-order valence-corrected chi connectivity index (χ0v) is 18.2. The number of carbonyl (C=O) groups is 1. The molecule has 2 aromatic carbocycles. The fraction of sp³-hybridized carbons (Fsp3) is 0.409. The predicted octanol–water partition coefficient (Wildman–Crippen LogP) is 3.81. The number of nitrogens with one attached hydrogen (secondary N) is 1. The van der Waals surface area contributed by atoms with Crippen LogP contribution in [0.1, 0.15) is 43.9 Å². The van der Waals surface area contributed by atoms with Crippen LogP contribution in [0.25, 0.3) is 0 Å². The first-order chi connectivity index (χ1) is 13.7. The summed E-state index contributed by atoms with van der Waals surface area (Å²) < 4.78 is 40.1. The van der Waals surface area contributed by atoms with Gasteiger partial charge in [-0.05, 0) is 48.1 Å². The minimum absolute atomic E-state index is 0.126. The molecule has 0 aromatic heterocycles. The number of para-hydroxylation sites is 1. The Morgan fingerprint density at radius 2 is 1.76 bits per heavy atom. The zero-order chi connectivity index (χ0) is 21.6. The van der Waals surface area contributed by atoms with Gasteiger partial charge in [0.25, 0.3) is 0 Å². The molecular weight excluding hydrogens is 391 g/mol. The lowest BCUT2D eigenvalue weighted by atomic mass is 10.0.